The summed E-state index contributed by atoms with van der Waals surface area (Å²) in [4.78, 5) is 3.74. The zero-order valence-electron chi connectivity index (χ0n) is 14.6. The largest absolute Gasteiger partial charge is 0.355 e. The van der Waals surface area contributed by atoms with Gasteiger partial charge in [-0.05, 0) is 24.3 Å². The Morgan fingerprint density at radius 3 is 2.70 bits per heavy atom. The molecule has 3 aromatic rings. The fourth-order valence-electron chi connectivity index (χ4n) is 2.51. The highest BCUT2D eigenvalue weighted by Crippen LogP contribution is 2.14. The number of hydrogen-bond donors (Lipinski definition) is 2. The van der Waals surface area contributed by atoms with Crippen LogP contribution in [0.5, 0.6) is 0 Å². The minimum Gasteiger partial charge on any atom is -0.355 e. The number of aromatic nitrogens is 3. The number of aliphatic imine (C=N–C) groups is 1. The normalized spacial score (nSPS) is 12.3. The Morgan fingerprint density at radius 1 is 1.15 bits per heavy atom. The number of nitrogens with zero attached hydrogens (tertiary/aromatic N) is 4. The van der Waals surface area contributed by atoms with Crippen molar-refractivity contribution in [2.75, 3.05) is 19.3 Å². The molecule has 3 rings (SSSR count). The van der Waals surface area contributed by atoms with E-state index in [2.05, 4.69) is 25.8 Å². The summed E-state index contributed by atoms with van der Waals surface area (Å²) in [5.41, 5.74) is 0.730. The van der Waals surface area contributed by atoms with Crippen molar-refractivity contribution >= 4 is 21.4 Å². The summed E-state index contributed by atoms with van der Waals surface area (Å²) in [6.45, 7) is 0.432. The summed E-state index contributed by atoms with van der Waals surface area (Å²) in [5, 5.41) is 14.1. The van der Waals surface area contributed by atoms with Crippen LogP contribution in [-0.2, 0) is 16.4 Å². The molecule has 0 unspecified atom stereocenters. The second-order valence-electron chi connectivity index (χ2n) is 5.65. The third-order valence-corrected chi connectivity index (χ3v) is 5.60. The maximum Gasteiger partial charge on any atom is 0.191 e. The van der Waals surface area contributed by atoms with Crippen LogP contribution < -0.4 is 10.6 Å². The Morgan fingerprint density at radius 2 is 1.93 bits per heavy atom. The lowest BCUT2D eigenvalue weighted by Gasteiger charge is -2.11. The molecule has 0 amide bonds. The number of pyridine rings is 1. The average Bonchev–Trinajstić information content (AvgIpc) is 3.08. The summed E-state index contributed by atoms with van der Waals surface area (Å²) >= 11 is 0. The van der Waals surface area contributed by atoms with Crippen molar-refractivity contribution in [3.63, 3.8) is 0 Å². The monoisotopic (exact) mass is 390 g/mol. The highest BCUT2D eigenvalue weighted by Gasteiger charge is 2.18. The van der Waals surface area contributed by atoms with E-state index in [1.54, 1.807) is 7.05 Å². The van der Waals surface area contributed by atoms with Crippen molar-refractivity contribution in [2.24, 2.45) is 4.99 Å². The number of sulfone groups is 1. The van der Waals surface area contributed by atoms with Crippen LogP contribution in [0.2, 0.25) is 0 Å². The van der Waals surface area contributed by atoms with Crippen LogP contribution in [-0.4, -0.2) is 48.3 Å². The molecule has 0 aliphatic carbocycles. The second kappa shape index (κ2) is 8.12. The summed E-state index contributed by atoms with van der Waals surface area (Å²) in [6, 6.07) is 10.9. The highest BCUT2D eigenvalue weighted by molar-refractivity contribution is 7.91. The number of nitrogens with one attached hydrogen (secondary N) is 2. The van der Waals surface area contributed by atoms with Gasteiger partial charge in [0.1, 0.15) is 10.7 Å². The lowest BCUT2D eigenvalue weighted by atomic mass is 10.3. The van der Waals surface area contributed by atoms with E-state index in [1.807, 2.05) is 28.8 Å². The molecular formula is C17H19FN6O2S. The number of guanidine groups is 1. The molecule has 0 spiro atoms. The Kier molecular flexibility index (Phi) is 5.65. The lowest BCUT2D eigenvalue weighted by Crippen LogP contribution is -2.39. The molecule has 2 aromatic heterocycles. The first-order valence-corrected chi connectivity index (χ1v) is 9.87. The lowest BCUT2D eigenvalue weighted by molar-refractivity contribution is 0.566. The number of rotatable bonds is 6. The van der Waals surface area contributed by atoms with Gasteiger partial charge in [0.2, 0.25) is 0 Å². The topological polar surface area (TPSA) is 101 Å². The zero-order valence-corrected chi connectivity index (χ0v) is 15.4. The third kappa shape index (κ3) is 4.40. The van der Waals surface area contributed by atoms with Gasteiger partial charge in [-0.2, -0.15) is 0 Å². The SMILES string of the molecule is CN=C(NCCS(=O)(=O)c1ccccc1F)NCc1nnc2ccccn12. The molecule has 27 heavy (non-hydrogen) atoms. The highest BCUT2D eigenvalue weighted by atomic mass is 32.2. The van der Waals surface area contributed by atoms with Crippen LogP contribution in [0.1, 0.15) is 5.82 Å². The van der Waals surface area contributed by atoms with Gasteiger partial charge in [0.25, 0.3) is 0 Å². The minimum atomic E-state index is -3.73. The summed E-state index contributed by atoms with van der Waals surface area (Å²) in [5.74, 6) is 0.0836. The second-order valence-corrected chi connectivity index (χ2v) is 7.72. The van der Waals surface area contributed by atoms with E-state index in [9.17, 15) is 12.8 Å². The molecule has 0 saturated carbocycles. The predicted octanol–water partition coefficient (Wildman–Crippen LogP) is 1.01. The molecular weight excluding hydrogens is 371 g/mol. The van der Waals surface area contributed by atoms with Crippen LogP contribution in [0.15, 0.2) is 58.5 Å². The predicted molar refractivity (Wildman–Crippen MR) is 99.6 cm³/mol. The van der Waals surface area contributed by atoms with Crippen LogP contribution in [0.25, 0.3) is 5.65 Å². The molecule has 0 aliphatic heterocycles. The van der Waals surface area contributed by atoms with Gasteiger partial charge in [0.15, 0.2) is 27.3 Å². The van der Waals surface area contributed by atoms with Crippen LogP contribution in [0.3, 0.4) is 0 Å². The first-order valence-electron chi connectivity index (χ1n) is 8.22. The fraction of sp³-hybridized carbons (Fsp3) is 0.235. The zero-order chi connectivity index (χ0) is 19.3. The van der Waals surface area contributed by atoms with Crippen LogP contribution in [0.4, 0.5) is 4.39 Å². The number of fused-ring (bicyclic) bond motifs is 1. The van der Waals surface area contributed by atoms with Gasteiger partial charge >= 0.3 is 0 Å². The van der Waals surface area contributed by atoms with E-state index in [0.29, 0.717) is 18.3 Å². The van der Waals surface area contributed by atoms with E-state index in [1.165, 1.54) is 18.2 Å². The number of halogens is 1. The molecule has 0 saturated heterocycles. The molecule has 10 heteroatoms. The molecule has 2 N–H and O–H groups in total. The van der Waals surface area contributed by atoms with Crippen molar-refractivity contribution < 1.29 is 12.8 Å². The molecule has 8 nitrogen and oxygen atoms in total. The molecule has 0 aliphatic rings. The average molecular weight is 390 g/mol. The molecule has 2 heterocycles. The summed E-state index contributed by atoms with van der Waals surface area (Å²) < 4.78 is 40.0. The first-order chi connectivity index (χ1) is 13.0. The van der Waals surface area contributed by atoms with Gasteiger partial charge in [-0.15, -0.1) is 10.2 Å². The molecule has 0 atom stereocenters. The molecule has 142 valence electrons. The number of benzene rings is 1. The van der Waals surface area contributed by atoms with Gasteiger partial charge < -0.3 is 10.6 Å². The van der Waals surface area contributed by atoms with Gasteiger partial charge in [0, 0.05) is 19.8 Å². The summed E-state index contributed by atoms with van der Waals surface area (Å²) in [6.07, 6.45) is 1.85. The Hall–Kier alpha value is -3.01. The molecule has 0 bridgehead atoms. The van der Waals surface area contributed by atoms with Gasteiger partial charge in [-0.25, -0.2) is 12.8 Å². The third-order valence-electron chi connectivity index (χ3n) is 3.86. The Labute approximate surface area is 156 Å². The van der Waals surface area contributed by atoms with Crippen molar-refractivity contribution in [1.82, 2.24) is 25.2 Å². The van der Waals surface area contributed by atoms with E-state index >= 15 is 0 Å². The Bertz CT molecular complexity index is 1060. The van der Waals surface area contributed by atoms with Crippen LogP contribution >= 0.6 is 0 Å². The standard InChI is InChI=1S/C17H19FN6O2S/c1-19-17(21-12-16-23-22-15-8-4-5-10-24(15)16)20-9-11-27(25,26)14-7-3-2-6-13(14)18/h2-8,10H,9,11-12H2,1H3,(H2,19,20,21). The smallest absolute Gasteiger partial charge is 0.191 e. The number of hydrogen-bond acceptors (Lipinski definition) is 5. The van der Waals surface area contributed by atoms with Crippen LogP contribution in [0, 0.1) is 5.82 Å². The van der Waals surface area contributed by atoms with Crippen molar-refractivity contribution in [3.8, 4) is 0 Å². The maximum absolute atomic E-state index is 13.7. The molecule has 1 aromatic carbocycles. The van der Waals surface area contributed by atoms with Gasteiger partial charge in [-0.1, -0.05) is 18.2 Å². The molecule has 0 radical (unpaired) electrons. The first kappa shape index (κ1) is 18.8. The summed E-state index contributed by atoms with van der Waals surface area (Å²) in [7, 11) is -2.16. The quantitative estimate of drug-likeness (QED) is 0.481. The van der Waals surface area contributed by atoms with E-state index in [4.69, 9.17) is 0 Å². The fourth-order valence-corrected chi connectivity index (χ4v) is 3.75. The van der Waals surface area contributed by atoms with Crippen molar-refractivity contribution in [3.05, 3.63) is 60.3 Å². The van der Waals surface area contributed by atoms with E-state index < -0.39 is 15.7 Å². The van der Waals surface area contributed by atoms with E-state index in [0.717, 1.165) is 11.7 Å². The Balaban J connectivity index is 1.56. The van der Waals surface area contributed by atoms with Crippen molar-refractivity contribution in [1.29, 1.82) is 0 Å². The van der Waals surface area contributed by atoms with E-state index in [-0.39, 0.29) is 17.2 Å². The van der Waals surface area contributed by atoms with Gasteiger partial charge in [-0.3, -0.25) is 9.39 Å². The van der Waals surface area contributed by atoms with Gasteiger partial charge in [0.05, 0.1) is 12.3 Å². The maximum atomic E-state index is 13.7. The molecule has 0 fully saturated rings. The van der Waals surface area contributed by atoms with Crippen molar-refractivity contribution in [2.45, 2.75) is 11.4 Å². The minimum absolute atomic E-state index is 0.0803.